The molecule has 98 valence electrons. The van der Waals surface area contributed by atoms with E-state index in [9.17, 15) is 4.79 Å². The molecule has 0 atom stereocenters. The summed E-state index contributed by atoms with van der Waals surface area (Å²) in [5.41, 5.74) is 12.4. The maximum absolute atomic E-state index is 11.5. The standard InChI is InChI=1S/C13H18ClN3O/c1-13(4-2-3-5-13)17-11-9(12(16)18)6-8(15)7-10(11)14/h6-7,17H,2-5,15H2,1H3,(H2,16,18). The summed E-state index contributed by atoms with van der Waals surface area (Å²) in [6.45, 7) is 2.14. The van der Waals surface area contributed by atoms with E-state index in [1.54, 1.807) is 12.1 Å². The van der Waals surface area contributed by atoms with Crippen LogP contribution in [0.4, 0.5) is 11.4 Å². The number of halogens is 1. The van der Waals surface area contributed by atoms with Crippen molar-refractivity contribution in [1.82, 2.24) is 0 Å². The van der Waals surface area contributed by atoms with Gasteiger partial charge < -0.3 is 16.8 Å². The fourth-order valence-electron chi connectivity index (χ4n) is 2.53. The first kappa shape index (κ1) is 13.0. The van der Waals surface area contributed by atoms with Gasteiger partial charge in [0.15, 0.2) is 0 Å². The van der Waals surface area contributed by atoms with Crippen molar-refractivity contribution in [3.05, 3.63) is 22.7 Å². The molecule has 1 aromatic carbocycles. The number of nitrogens with one attached hydrogen (secondary N) is 1. The van der Waals surface area contributed by atoms with E-state index in [-0.39, 0.29) is 5.54 Å². The molecule has 5 heteroatoms. The summed E-state index contributed by atoms with van der Waals surface area (Å²) in [6, 6.07) is 3.20. The molecule has 0 spiro atoms. The van der Waals surface area contributed by atoms with Crippen molar-refractivity contribution < 1.29 is 4.79 Å². The lowest BCUT2D eigenvalue weighted by atomic mass is 9.99. The Kier molecular flexibility index (Phi) is 3.39. The van der Waals surface area contributed by atoms with E-state index in [0.29, 0.717) is 22.0 Å². The summed E-state index contributed by atoms with van der Waals surface area (Å²) in [4.78, 5) is 11.5. The summed E-state index contributed by atoms with van der Waals surface area (Å²) >= 11 is 6.17. The molecule has 0 saturated heterocycles. The number of rotatable bonds is 3. The van der Waals surface area contributed by atoms with Crippen molar-refractivity contribution >= 4 is 28.9 Å². The van der Waals surface area contributed by atoms with Gasteiger partial charge in [0, 0.05) is 11.2 Å². The second-order valence-corrected chi connectivity index (χ2v) is 5.59. The number of primary amides is 1. The first-order valence-electron chi connectivity index (χ1n) is 6.08. The normalized spacial score (nSPS) is 17.7. The maximum Gasteiger partial charge on any atom is 0.250 e. The number of nitrogen functional groups attached to an aromatic ring is 1. The largest absolute Gasteiger partial charge is 0.399 e. The number of nitrogens with two attached hydrogens (primary N) is 2. The fourth-order valence-corrected chi connectivity index (χ4v) is 2.81. The summed E-state index contributed by atoms with van der Waals surface area (Å²) in [5, 5.41) is 3.82. The van der Waals surface area contributed by atoms with Gasteiger partial charge in [-0.1, -0.05) is 24.4 Å². The zero-order valence-corrected chi connectivity index (χ0v) is 11.2. The van der Waals surface area contributed by atoms with Gasteiger partial charge >= 0.3 is 0 Å². The Morgan fingerprint density at radius 2 is 2.00 bits per heavy atom. The lowest BCUT2D eigenvalue weighted by Gasteiger charge is -2.28. The lowest BCUT2D eigenvalue weighted by molar-refractivity contribution is 0.100. The predicted octanol–water partition coefficient (Wildman–Crippen LogP) is 2.77. The van der Waals surface area contributed by atoms with E-state index >= 15 is 0 Å². The van der Waals surface area contributed by atoms with Crippen LogP contribution in [0.5, 0.6) is 0 Å². The van der Waals surface area contributed by atoms with E-state index in [4.69, 9.17) is 23.1 Å². The van der Waals surface area contributed by atoms with Crippen LogP contribution < -0.4 is 16.8 Å². The molecule has 2 rings (SSSR count). The predicted molar refractivity (Wildman–Crippen MR) is 74.9 cm³/mol. The second-order valence-electron chi connectivity index (χ2n) is 5.18. The molecule has 18 heavy (non-hydrogen) atoms. The molecular weight excluding hydrogens is 250 g/mol. The molecule has 1 aliphatic carbocycles. The quantitative estimate of drug-likeness (QED) is 0.737. The third-order valence-corrected chi connectivity index (χ3v) is 3.81. The molecule has 1 fully saturated rings. The minimum atomic E-state index is -0.520. The average Bonchev–Trinajstić information content (AvgIpc) is 2.69. The van der Waals surface area contributed by atoms with Crippen LogP contribution in [0.1, 0.15) is 43.0 Å². The highest BCUT2D eigenvalue weighted by atomic mass is 35.5. The molecule has 0 unspecified atom stereocenters. The number of amides is 1. The Labute approximate surface area is 112 Å². The van der Waals surface area contributed by atoms with Crippen molar-refractivity contribution in [2.45, 2.75) is 38.1 Å². The highest BCUT2D eigenvalue weighted by Crippen LogP contribution is 2.37. The first-order chi connectivity index (χ1) is 8.41. The van der Waals surface area contributed by atoms with Crippen LogP contribution in [0.15, 0.2) is 12.1 Å². The van der Waals surface area contributed by atoms with E-state index in [1.165, 1.54) is 12.8 Å². The third-order valence-electron chi connectivity index (χ3n) is 3.51. The van der Waals surface area contributed by atoms with E-state index in [1.807, 2.05) is 0 Å². The molecule has 4 nitrogen and oxygen atoms in total. The van der Waals surface area contributed by atoms with Gasteiger partial charge in [0.05, 0.1) is 16.3 Å². The Morgan fingerprint density at radius 1 is 1.39 bits per heavy atom. The maximum atomic E-state index is 11.5. The van der Waals surface area contributed by atoms with Crippen LogP contribution in [-0.2, 0) is 0 Å². The third kappa shape index (κ3) is 2.53. The zero-order valence-electron chi connectivity index (χ0n) is 10.4. The highest BCUT2D eigenvalue weighted by Gasteiger charge is 2.30. The fraction of sp³-hybridized carbons (Fsp3) is 0.462. The SMILES string of the molecule is CC1(Nc2c(Cl)cc(N)cc2C(N)=O)CCCC1. The van der Waals surface area contributed by atoms with Crippen LogP contribution in [0.3, 0.4) is 0 Å². The van der Waals surface area contributed by atoms with Crippen LogP contribution in [0, 0.1) is 0 Å². The molecule has 0 bridgehead atoms. The summed E-state index contributed by atoms with van der Waals surface area (Å²) in [7, 11) is 0. The van der Waals surface area contributed by atoms with Gasteiger partial charge in [-0.15, -0.1) is 0 Å². The minimum Gasteiger partial charge on any atom is -0.399 e. The van der Waals surface area contributed by atoms with Gasteiger partial charge in [-0.25, -0.2) is 0 Å². The van der Waals surface area contributed by atoms with Crippen molar-refractivity contribution in [2.75, 3.05) is 11.1 Å². The minimum absolute atomic E-state index is 0.0239. The van der Waals surface area contributed by atoms with Crippen molar-refractivity contribution in [3.63, 3.8) is 0 Å². The summed E-state index contributed by atoms with van der Waals surface area (Å²) in [6.07, 6.45) is 4.49. The Balaban J connectivity index is 2.39. The summed E-state index contributed by atoms with van der Waals surface area (Å²) < 4.78 is 0. The number of benzene rings is 1. The van der Waals surface area contributed by atoms with E-state index < -0.39 is 5.91 Å². The van der Waals surface area contributed by atoms with Gasteiger partial charge in [-0.3, -0.25) is 4.79 Å². The van der Waals surface area contributed by atoms with Gasteiger partial charge in [0.25, 0.3) is 5.91 Å². The number of hydrogen-bond acceptors (Lipinski definition) is 3. The molecular formula is C13H18ClN3O. The second kappa shape index (κ2) is 4.69. The first-order valence-corrected chi connectivity index (χ1v) is 6.46. The number of hydrogen-bond donors (Lipinski definition) is 3. The Morgan fingerprint density at radius 3 is 2.56 bits per heavy atom. The smallest absolute Gasteiger partial charge is 0.250 e. The average molecular weight is 268 g/mol. The number of anilines is 2. The van der Waals surface area contributed by atoms with Crippen LogP contribution >= 0.6 is 11.6 Å². The molecule has 0 aromatic heterocycles. The van der Waals surface area contributed by atoms with Crippen LogP contribution in [0.25, 0.3) is 0 Å². The summed E-state index contributed by atoms with van der Waals surface area (Å²) in [5.74, 6) is -0.520. The van der Waals surface area contributed by atoms with Gasteiger partial charge in [0.1, 0.15) is 0 Å². The van der Waals surface area contributed by atoms with Crippen molar-refractivity contribution in [2.24, 2.45) is 5.73 Å². The molecule has 1 aliphatic rings. The van der Waals surface area contributed by atoms with Crippen molar-refractivity contribution in [3.8, 4) is 0 Å². The topological polar surface area (TPSA) is 81.1 Å². The molecule has 5 N–H and O–H groups in total. The zero-order chi connectivity index (χ0) is 13.3. The number of carbonyl (C=O) groups excluding carboxylic acids is 1. The Bertz CT molecular complexity index is 481. The van der Waals surface area contributed by atoms with E-state index in [2.05, 4.69) is 12.2 Å². The molecule has 0 aliphatic heterocycles. The molecule has 1 amide bonds. The lowest BCUT2D eigenvalue weighted by Crippen LogP contribution is -2.32. The number of carbonyl (C=O) groups is 1. The monoisotopic (exact) mass is 267 g/mol. The van der Waals surface area contributed by atoms with Gasteiger partial charge in [-0.05, 0) is 31.9 Å². The molecule has 0 heterocycles. The molecule has 1 saturated carbocycles. The molecule has 1 aromatic rings. The Hall–Kier alpha value is -1.42. The van der Waals surface area contributed by atoms with E-state index in [0.717, 1.165) is 12.8 Å². The van der Waals surface area contributed by atoms with Crippen molar-refractivity contribution in [1.29, 1.82) is 0 Å². The van der Waals surface area contributed by atoms with Crippen LogP contribution in [0.2, 0.25) is 5.02 Å². The van der Waals surface area contributed by atoms with Gasteiger partial charge in [0.2, 0.25) is 0 Å². The highest BCUT2D eigenvalue weighted by molar-refractivity contribution is 6.34. The van der Waals surface area contributed by atoms with Crippen LogP contribution in [-0.4, -0.2) is 11.4 Å². The van der Waals surface area contributed by atoms with Gasteiger partial charge in [-0.2, -0.15) is 0 Å². The molecule has 0 radical (unpaired) electrons.